The van der Waals surface area contributed by atoms with Crippen LogP contribution in [-0.4, -0.2) is 56.7 Å². The van der Waals surface area contributed by atoms with Crippen molar-refractivity contribution >= 4 is 5.78 Å². The van der Waals surface area contributed by atoms with Crippen molar-refractivity contribution in [2.24, 2.45) is 0 Å². The molecule has 1 rings (SSSR count). The molecule has 0 unspecified atom stereocenters. The molecule has 0 aromatic carbocycles. The Kier molecular flexibility index (Phi) is 7.41. The van der Waals surface area contributed by atoms with E-state index in [0.29, 0.717) is 39.6 Å². The second-order valence-corrected chi connectivity index (χ2v) is 4.18. The van der Waals surface area contributed by atoms with Crippen LogP contribution in [0.25, 0.3) is 0 Å². The molecule has 0 spiro atoms. The van der Waals surface area contributed by atoms with Gasteiger partial charge in [0.05, 0.1) is 33.0 Å². The normalized spacial score (nSPS) is 11.8. The number of hydrogen-bond acceptors (Lipinski definition) is 4. The van der Waals surface area contributed by atoms with Crippen molar-refractivity contribution in [3.8, 4) is 0 Å². The molecule has 0 saturated heterocycles. The van der Waals surface area contributed by atoms with Crippen molar-refractivity contribution < 1.29 is 32.2 Å². The third kappa shape index (κ3) is 6.74. The van der Waals surface area contributed by atoms with Gasteiger partial charge < -0.3 is 18.8 Å². The van der Waals surface area contributed by atoms with Gasteiger partial charge in [0, 0.05) is 31.6 Å². The van der Waals surface area contributed by atoms with Crippen LogP contribution in [0.15, 0.2) is 18.5 Å². The highest BCUT2D eigenvalue weighted by molar-refractivity contribution is 6.00. The van der Waals surface area contributed by atoms with Crippen molar-refractivity contribution in [3.63, 3.8) is 0 Å². The van der Waals surface area contributed by atoms with Gasteiger partial charge in [0.25, 0.3) is 5.78 Å². The number of rotatable bonds is 10. The molecule has 0 aliphatic carbocycles. The maximum atomic E-state index is 12.2. The smallest absolute Gasteiger partial charge is 0.382 e. The van der Waals surface area contributed by atoms with Crippen molar-refractivity contribution in [1.82, 2.24) is 4.57 Å². The largest absolute Gasteiger partial charge is 0.454 e. The van der Waals surface area contributed by atoms with Gasteiger partial charge in [0.2, 0.25) is 0 Å². The van der Waals surface area contributed by atoms with E-state index in [1.165, 1.54) is 10.8 Å². The summed E-state index contributed by atoms with van der Waals surface area (Å²) in [6.07, 6.45) is -2.27. The maximum absolute atomic E-state index is 12.2. The SMILES string of the molecule is COCCOCCOCCn1ccc(C(=O)C(F)(F)F)c1. The minimum Gasteiger partial charge on any atom is -0.382 e. The number of aromatic nitrogens is 1. The summed E-state index contributed by atoms with van der Waals surface area (Å²) >= 11 is 0. The van der Waals surface area contributed by atoms with Crippen molar-refractivity contribution in [3.05, 3.63) is 24.0 Å². The average Bonchev–Trinajstić information content (AvgIpc) is 2.88. The van der Waals surface area contributed by atoms with E-state index in [1.807, 2.05) is 0 Å². The summed E-state index contributed by atoms with van der Waals surface area (Å²) in [5.74, 6) is -1.84. The van der Waals surface area contributed by atoms with Gasteiger partial charge in [-0.05, 0) is 6.07 Å². The monoisotopic (exact) mass is 309 g/mol. The standard InChI is InChI=1S/C13H18F3NO4/c1-19-6-7-21-9-8-20-5-4-17-3-2-11(10-17)12(18)13(14,15)16/h2-3,10H,4-9H2,1H3. The predicted octanol–water partition coefficient (Wildman–Crippen LogP) is 1.91. The fourth-order valence-electron chi connectivity index (χ4n) is 1.51. The van der Waals surface area contributed by atoms with Crippen molar-refractivity contribution in [1.29, 1.82) is 0 Å². The lowest BCUT2D eigenvalue weighted by molar-refractivity contribution is -0.0885. The Hall–Kier alpha value is -1.38. The number of alkyl halides is 3. The van der Waals surface area contributed by atoms with Crippen LogP contribution in [0.5, 0.6) is 0 Å². The molecule has 0 aliphatic rings. The average molecular weight is 309 g/mol. The maximum Gasteiger partial charge on any atom is 0.454 e. The van der Waals surface area contributed by atoms with E-state index in [0.717, 1.165) is 12.3 Å². The molecule has 1 heterocycles. The zero-order valence-corrected chi connectivity index (χ0v) is 11.7. The van der Waals surface area contributed by atoms with Crippen LogP contribution >= 0.6 is 0 Å². The van der Waals surface area contributed by atoms with E-state index >= 15 is 0 Å². The van der Waals surface area contributed by atoms with Gasteiger partial charge >= 0.3 is 6.18 Å². The van der Waals surface area contributed by atoms with Crippen LogP contribution in [0.3, 0.4) is 0 Å². The van der Waals surface area contributed by atoms with E-state index in [1.54, 1.807) is 7.11 Å². The van der Waals surface area contributed by atoms with E-state index in [4.69, 9.17) is 14.2 Å². The number of carbonyl (C=O) groups is 1. The minimum atomic E-state index is -4.85. The summed E-state index contributed by atoms with van der Waals surface area (Å²) in [5.41, 5.74) is -0.370. The highest BCUT2D eigenvalue weighted by atomic mass is 19.4. The molecule has 5 nitrogen and oxygen atoms in total. The Morgan fingerprint density at radius 2 is 1.76 bits per heavy atom. The molecule has 1 aromatic heterocycles. The molecule has 0 amide bonds. The van der Waals surface area contributed by atoms with E-state index in [2.05, 4.69) is 0 Å². The number of nitrogens with zero attached hydrogens (tertiary/aromatic N) is 1. The molecule has 0 atom stereocenters. The van der Waals surface area contributed by atoms with Crippen molar-refractivity contribution in [2.75, 3.05) is 40.1 Å². The third-order valence-electron chi connectivity index (χ3n) is 2.57. The number of hydrogen-bond donors (Lipinski definition) is 0. The van der Waals surface area contributed by atoms with Crippen molar-refractivity contribution in [2.45, 2.75) is 12.7 Å². The Morgan fingerprint density at radius 3 is 2.38 bits per heavy atom. The zero-order chi connectivity index (χ0) is 15.7. The molecule has 0 saturated carbocycles. The molecule has 0 aliphatic heterocycles. The molecule has 120 valence electrons. The summed E-state index contributed by atoms with van der Waals surface area (Å²) in [4.78, 5) is 11.0. The first-order valence-corrected chi connectivity index (χ1v) is 6.37. The molecule has 0 fully saturated rings. The van der Waals surface area contributed by atoms with Crippen LogP contribution in [-0.2, 0) is 20.8 Å². The van der Waals surface area contributed by atoms with E-state index in [-0.39, 0.29) is 5.56 Å². The first kappa shape index (κ1) is 17.7. The summed E-state index contributed by atoms with van der Waals surface area (Å²) in [6, 6.07) is 1.14. The highest BCUT2D eigenvalue weighted by Gasteiger charge is 2.39. The van der Waals surface area contributed by atoms with Crippen LogP contribution in [0, 0.1) is 0 Å². The quantitative estimate of drug-likeness (QED) is 0.489. The molecule has 0 bridgehead atoms. The van der Waals surface area contributed by atoms with E-state index < -0.39 is 12.0 Å². The van der Waals surface area contributed by atoms with Gasteiger partial charge in [-0.15, -0.1) is 0 Å². The summed E-state index contributed by atoms with van der Waals surface area (Å²) in [6.45, 7) is 2.50. The van der Waals surface area contributed by atoms with Gasteiger partial charge in [0.1, 0.15) is 0 Å². The summed E-state index contributed by atoms with van der Waals surface area (Å²) in [7, 11) is 1.58. The molecule has 21 heavy (non-hydrogen) atoms. The lowest BCUT2D eigenvalue weighted by Gasteiger charge is -2.06. The predicted molar refractivity (Wildman–Crippen MR) is 68.3 cm³/mol. The first-order chi connectivity index (χ1) is 9.95. The minimum absolute atomic E-state index is 0.321. The van der Waals surface area contributed by atoms with Crippen LogP contribution in [0.2, 0.25) is 0 Å². The van der Waals surface area contributed by atoms with Gasteiger partial charge in [-0.2, -0.15) is 13.2 Å². The van der Waals surface area contributed by atoms with Crippen LogP contribution in [0.1, 0.15) is 10.4 Å². The number of carbonyl (C=O) groups excluding carboxylic acids is 1. The molecular formula is C13H18F3NO4. The number of ether oxygens (including phenoxy) is 3. The molecular weight excluding hydrogens is 291 g/mol. The van der Waals surface area contributed by atoms with Gasteiger partial charge in [-0.3, -0.25) is 4.79 Å². The lowest BCUT2D eigenvalue weighted by atomic mass is 10.2. The number of ketones is 1. The van der Waals surface area contributed by atoms with Gasteiger partial charge in [-0.25, -0.2) is 0 Å². The van der Waals surface area contributed by atoms with Gasteiger partial charge in [-0.1, -0.05) is 0 Å². The Bertz CT molecular complexity index is 431. The fourth-order valence-corrected chi connectivity index (χ4v) is 1.51. The Balaban J connectivity index is 2.19. The lowest BCUT2D eigenvalue weighted by Crippen LogP contribution is -2.22. The molecule has 0 N–H and O–H groups in total. The number of methoxy groups -OCH3 is 1. The first-order valence-electron chi connectivity index (χ1n) is 6.37. The number of halogens is 3. The van der Waals surface area contributed by atoms with Crippen LogP contribution < -0.4 is 0 Å². The zero-order valence-electron chi connectivity index (χ0n) is 11.7. The third-order valence-corrected chi connectivity index (χ3v) is 2.57. The second-order valence-electron chi connectivity index (χ2n) is 4.18. The topological polar surface area (TPSA) is 49.7 Å². The highest BCUT2D eigenvalue weighted by Crippen LogP contribution is 2.21. The summed E-state index contributed by atoms with van der Waals surface area (Å²) in [5, 5.41) is 0. The fraction of sp³-hybridized carbons (Fsp3) is 0.615. The molecule has 8 heteroatoms. The van der Waals surface area contributed by atoms with Gasteiger partial charge in [0.15, 0.2) is 0 Å². The Morgan fingerprint density at radius 1 is 1.14 bits per heavy atom. The molecule has 1 aromatic rings. The second kappa shape index (κ2) is 8.81. The van der Waals surface area contributed by atoms with Crippen LogP contribution in [0.4, 0.5) is 13.2 Å². The van der Waals surface area contributed by atoms with E-state index in [9.17, 15) is 18.0 Å². The summed E-state index contributed by atoms with van der Waals surface area (Å²) < 4.78 is 53.4. The Labute approximate surface area is 120 Å². The number of Topliss-reactive ketones (excluding diaryl/α,β-unsaturated/α-hetero) is 1. The molecule has 0 radical (unpaired) electrons.